The summed E-state index contributed by atoms with van der Waals surface area (Å²) in [7, 11) is 0. The minimum Gasteiger partial charge on any atom is -0.391 e. The molecule has 0 fully saturated rings. The van der Waals surface area contributed by atoms with E-state index in [4.69, 9.17) is 0 Å². The van der Waals surface area contributed by atoms with E-state index in [0.717, 1.165) is 12.8 Å². The highest BCUT2D eigenvalue weighted by atomic mass is 16.3. The molecule has 0 saturated heterocycles. The number of rotatable bonds is 17. The maximum atomic E-state index is 9.48. The second-order valence-electron chi connectivity index (χ2n) is 7.03. The molecule has 2 nitrogen and oxygen atoms in total. The van der Waals surface area contributed by atoms with E-state index in [1.807, 2.05) is 0 Å². The van der Waals surface area contributed by atoms with E-state index < -0.39 is 12.2 Å². The van der Waals surface area contributed by atoms with E-state index in [9.17, 15) is 10.2 Å². The molecule has 0 heterocycles. The van der Waals surface area contributed by atoms with Crippen molar-refractivity contribution in [2.24, 2.45) is 0 Å². The first-order valence-corrected chi connectivity index (χ1v) is 10.2. The van der Waals surface area contributed by atoms with Crippen LogP contribution in [0.3, 0.4) is 0 Å². The number of aliphatic hydroxyl groups is 2. The summed E-state index contributed by atoms with van der Waals surface area (Å²) < 4.78 is 0. The second kappa shape index (κ2) is 18.0. The Bertz CT molecular complexity index is 248. The van der Waals surface area contributed by atoms with Crippen molar-refractivity contribution in [2.45, 2.75) is 122 Å². The van der Waals surface area contributed by atoms with Gasteiger partial charge in [0, 0.05) is 0 Å². The molecule has 0 aromatic carbocycles. The van der Waals surface area contributed by atoms with Crippen LogP contribution in [-0.4, -0.2) is 22.4 Å². The van der Waals surface area contributed by atoms with Crippen LogP contribution in [0.1, 0.15) is 110 Å². The Morgan fingerprint density at radius 1 is 0.652 bits per heavy atom. The molecule has 2 unspecified atom stereocenters. The Morgan fingerprint density at radius 3 is 1.57 bits per heavy atom. The zero-order valence-electron chi connectivity index (χ0n) is 15.8. The quantitative estimate of drug-likeness (QED) is 0.248. The summed E-state index contributed by atoms with van der Waals surface area (Å²) in [6.45, 7) is 3.93. The van der Waals surface area contributed by atoms with Crippen LogP contribution in [0.15, 0.2) is 12.2 Å². The van der Waals surface area contributed by atoms with Crippen LogP contribution in [0.5, 0.6) is 0 Å². The Hall–Kier alpha value is -0.340. The van der Waals surface area contributed by atoms with Gasteiger partial charge in [-0.05, 0) is 39.0 Å². The van der Waals surface area contributed by atoms with Crippen molar-refractivity contribution in [1.82, 2.24) is 0 Å². The molecule has 0 spiro atoms. The first-order chi connectivity index (χ1) is 11.2. The van der Waals surface area contributed by atoms with Crippen LogP contribution in [0.25, 0.3) is 0 Å². The summed E-state index contributed by atoms with van der Waals surface area (Å²) in [6, 6.07) is 0. The van der Waals surface area contributed by atoms with E-state index >= 15 is 0 Å². The van der Waals surface area contributed by atoms with Gasteiger partial charge in [-0.1, -0.05) is 83.3 Å². The molecular weight excluding hydrogens is 284 g/mol. The van der Waals surface area contributed by atoms with Crippen molar-refractivity contribution in [3.8, 4) is 0 Å². The zero-order chi connectivity index (χ0) is 17.2. The van der Waals surface area contributed by atoms with E-state index in [0.29, 0.717) is 0 Å². The van der Waals surface area contributed by atoms with Crippen molar-refractivity contribution in [1.29, 1.82) is 0 Å². The number of allylic oxidation sites excluding steroid dienone is 2. The maximum Gasteiger partial charge on any atom is 0.0796 e. The van der Waals surface area contributed by atoms with Gasteiger partial charge in [0.05, 0.1) is 12.2 Å². The standard InChI is InChI=1S/C21H42O2/c1-3-4-5-6-7-8-9-10-11-12-13-14-15-16-17-18-19-21(23)20(2)22/h10-11,20-23H,3-9,12-19H2,1-2H3/b11-10-. The van der Waals surface area contributed by atoms with Crippen LogP contribution in [0.2, 0.25) is 0 Å². The molecule has 0 radical (unpaired) electrons. The maximum absolute atomic E-state index is 9.48. The zero-order valence-corrected chi connectivity index (χ0v) is 15.8. The van der Waals surface area contributed by atoms with Gasteiger partial charge >= 0.3 is 0 Å². The molecular formula is C21H42O2. The molecule has 0 bridgehead atoms. The molecule has 2 N–H and O–H groups in total. The molecule has 0 amide bonds. The largest absolute Gasteiger partial charge is 0.391 e. The molecule has 0 aromatic heterocycles. The summed E-state index contributed by atoms with van der Waals surface area (Å²) in [6.07, 6.45) is 22.6. The fourth-order valence-electron chi connectivity index (χ4n) is 2.84. The van der Waals surface area contributed by atoms with E-state index in [2.05, 4.69) is 19.1 Å². The number of hydrogen-bond acceptors (Lipinski definition) is 2. The molecule has 0 aromatic rings. The summed E-state index contributed by atoms with van der Waals surface area (Å²) in [5, 5.41) is 18.7. The average Bonchev–Trinajstić information content (AvgIpc) is 2.54. The van der Waals surface area contributed by atoms with Crippen LogP contribution in [0.4, 0.5) is 0 Å². The predicted octanol–water partition coefficient (Wildman–Crippen LogP) is 6.16. The van der Waals surface area contributed by atoms with Gasteiger partial charge in [-0.15, -0.1) is 0 Å². The lowest BCUT2D eigenvalue weighted by Gasteiger charge is -2.12. The van der Waals surface area contributed by atoms with Gasteiger partial charge in [0.25, 0.3) is 0 Å². The van der Waals surface area contributed by atoms with Crippen LogP contribution in [-0.2, 0) is 0 Å². The Morgan fingerprint density at radius 2 is 1.09 bits per heavy atom. The monoisotopic (exact) mass is 326 g/mol. The fourth-order valence-corrected chi connectivity index (χ4v) is 2.84. The lowest BCUT2D eigenvalue weighted by molar-refractivity contribution is 0.0247. The minimum atomic E-state index is -0.585. The first-order valence-electron chi connectivity index (χ1n) is 10.2. The van der Waals surface area contributed by atoms with Crippen LogP contribution in [0, 0.1) is 0 Å². The van der Waals surface area contributed by atoms with E-state index in [1.165, 1.54) is 83.5 Å². The lowest BCUT2D eigenvalue weighted by Crippen LogP contribution is -2.21. The second-order valence-corrected chi connectivity index (χ2v) is 7.03. The molecule has 0 rings (SSSR count). The van der Waals surface area contributed by atoms with E-state index in [-0.39, 0.29) is 0 Å². The normalized spacial score (nSPS) is 14.4. The summed E-state index contributed by atoms with van der Waals surface area (Å²) >= 11 is 0. The minimum absolute atomic E-state index is 0.535. The van der Waals surface area contributed by atoms with Gasteiger partial charge in [-0.3, -0.25) is 0 Å². The van der Waals surface area contributed by atoms with Crippen LogP contribution >= 0.6 is 0 Å². The van der Waals surface area contributed by atoms with Gasteiger partial charge in [0.1, 0.15) is 0 Å². The summed E-state index contributed by atoms with van der Waals surface area (Å²) in [4.78, 5) is 0. The van der Waals surface area contributed by atoms with Gasteiger partial charge in [-0.25, -0.2) is 0 Å². The summed E-state index contributed by atoms with van der Waals surface area (Å²) in [5.41, 5.74) is 0. The smallest absolute Gasteiger partial charge is 0.0796 e. The molecule has 0 saturated carbocycles. The topological polar surface area (TPSA) is 40.5 Å². The van der Waals surface area contributed by atoms with Gasteiger partial charge in [0.2, 0.25) is 0 Å². The lowest BCUT2D eigenvalue weighted by atomic mass is 10.0. The molecule has 138 valence electrons. The molecule has 2 atom stereocenters. The van der Waals surface area contributed by atoms with Gasteiger partial charge in [-0.2, -0.15) is 0 Å². The third-order valence-corrected chi connectivity index (χ3v) is 4.57. The highest BCUT2D eigenvalue weighted by Crippen LogP contribution is 2.12. The van der Waals surface area contributed by atoms with Gasteiger partial charge < -0.3 is 10.2 Å². The molecule has 0 aliphatic heterocycles. The highest BCUT2D eigenvalue weighted by molar-refractivity contribution is 4.81. The van der Waals surface area contributed by atoms with Crippen molar-refractivity contribution in [2.75, 3.05) is 0 Å². The molecule has 0 aliphatic carbocycles. The number of unbranched alkanes of at least 4 members (excludes halogenated alkanes) is 12. The number of aliphatic hydroxyl groups excluding tert-OH is 2. The molecule has 2 heteroatoms. The average molecular weight is 327 g/mol. The summed E-state index contributed by atoms with van der Waals surface area (Å²) in [5.74, 6) is 0. The Labute approximate surface area is 145 Å². The first kappa shape index (κ1) is 22.7. The van der Waals surface area contributed by atoms with Crippen molar-refractivity contribution < 1.29 is 10.2 Å². The molecule has 0 aliphatic rings. The third kappa shape index (κ3) is 17.8. The van der Waals surface area contributed by atoms with Crippen molar-refractivity contribution >= 4 is 0 Å². The predicted molar refractivity (Wildman–Crippen MR) is 102 cm³/mol. The Kier molecular flexibility index (Phi) is 17.7. The van der Waals surface area contributed by atoms with Crippen molar-refractivity contribution in [3.05, 3.63) is 12.2 Å². The number of hydrogen-bond donors (Lipinski definition) is 2. The van der Waals surface area contributed by atoms with Crippen molar-refractivity contribution in [3.63, 3.8) is 0 Å². The highest BCUT2D eigenvalue weighted by Gasteiger charge is 2.09. The SMILES string of the molecule is CCCCCCCC/C=C\CCCCCCCCC(O)C(C)O. The molecule has 23 heavy (non-hydrogen) atoms. The third-order valence-electron chi connectivity index (χ3n) is 4.57. The van der Waals surface area contributed by atoms with Crippen LogP contribution < -0.4 is 0 Å². The van der Waals surface area contributed by atoms with Gasteiger partial charge in [0.15, 0.2) is 0 Å². The Balaban J connectivity index is 3.13. The van der Waals surface area contributed by atoms with E-state index in [1.54, 1.807) is 6.92 Å². The fraction of sp³-hybridized carbons (Fsp3) is 0.905.